The van der Waals surface area contributed by atoms with E-state index >= 15 is 0 Å². The molecule has 4 aromatic rings. The van der Waals surface area contributed by atoms with Crippen LogP contribution in [0.3, 0.4) is 0 Å². The second kappa shape index (κ2) is 7.68. The molecule has 3 heterocycles. The molecule has 0 aliphatic heterocycles. The van der Waals surface area contributed by atoms with E-state index in [-0.39, 0.29) is 11.0 Å². The molecule has 0 radical (unpaired) electrons. The van der Waals surface area contributed by atoms with Gasteiger partial charge in [0.1, 0.15) is 5.15 Å². The highest BCUT2D eigenvalue weighted by Crippen LogP contribution is 2.34. The Bertz CT molecular complexity index is 1200. The van der Waals surface area contributed by atoms with Gasteiger partial charge in [0.15, 0.2) is 11.5 Å². The van der Waals surface area contributed by atoms with Crippen LogP contribution in [0.1, 0.15) is 16.1 Å². The third-order valence-electron chi connectivity index (χ3n) is 4.23. The van der Waals surface area contributed by atoms with Crippen LogP contribution in [0, 0.1) is 0 Å². The summed E-state index contributed by atoms with van der Waals surface area (Å²) in [5.74, 6) is -1.10. The standard InChI is InChI=1S/C20H13ClF3N5O/c21-16-8-5-9-17(27-16)29-18(20(22,23)24)13(12-25-29)19(30)26-14-6-1-2-7-15(14)28-10-3-4-11-28/h1-12H,(H,26,30). The summed E-state index contributed by atoms with van der Waals surface area (Å²) in [6, 6.07) is 14.5. The van der Waals surface area contributed by atoms with Crippen molar-refractivity contribution in [3.8, 4) is 11.5 Å². The van der Waals surface area contributed by atoms with E-state index in [1.165, 1.54) is 18.2 Å². The predicted molar refractivity (Wildman–Crippen MR) is 105 cm³/mol. The van der Waals surface area contributed by atoms with Crippen molar-refractivity contribution >= 4 is 23.2 Å². The van der Waals surface area contributed by atoms with Crippen LogP contribution in [0.5, 0.6) is 0 Å². The number of aromatic nitrogens is 4. The van der Waals surface area contributed by atoms with E-state index in [0.717, 1.165) is 6.20 Å². The van der Waals surface area contributed by atoms with Gasteiger partial charge in [-0.3, -0.25) is 4.79 Å². The van der Waals surface area contributed by atoms with Gasteiger partial charge >= 0.3 is 6.18 Å². The molecule has 10 heteroatoms. The number of para-hydroxylation sites is 2. The molecule has 0 aliphatic carbocycles. The molecule has 6 nitrogen and oxygen atoms in total. The van der Waals surface area contributed by atoms with Crippen molar-refractivity contribution in [2.24, 2.45) is 0 Å². The van der Waals surface area contributed by atoms with E-state index in [9.17, 15) is 18.0 Å². The highest BCUT2D eigenvalue weighted by Gasteiger charge is 2.41. The fraction of sp³-hybridized carbons (Fsp3) is 0.0500. The Morgan fingerprint density at radius 2 is 1.73 bits per heavy atom. The molecular formula is C20H13ClF3N5O. The quantitative estimate of drug-likeness (QED) is 0.463. The molecule has 152 valence electrons. The zero-order chi connectivity index (χ0) is 21.3. The van der Waals surface area contributed by atoms with Crippen molar-refractivity contribution in [3.05, 3.63) is 89.6 Å². The lowest BCUT2D eigenvalue weighted by Gasteiger charge is -2.14. The monoisotopic (exact) mass is 431 g/mol. The summed E-state index contributed by atoms with van der Waals surface area (Å²) in [4.78, 5) is 16.6. The largest absolute Gasteiger partial charge is 0.434 e. The Morgan fingerprint density at radius 3 is 2.43 bits per heavy atom. The molecule has 0 fully saturated rings. The van der Waals surface area contributed by atoms with E-state index in [2.05, 4.69) is 15.4 Å². The summed E-state index contributed by atoms with van der Waals surface area (Å²) in [6.07, 6.45) is -0.476. The number of rotatable bonds is 4. The average molecular weight is 432 g/mol. The third-order valence-corrected chi connectivity index (χ3v) is 4.45. The summed E-state index contributed by atoms with van der Waals surface area (Å²) < 4.78 is 43.8. The SMILES string of the molecule is O=C(Nc1ccccc1-n1cccc1)c1cnn(-c2cccc(Cl)n2)c1C(F)(F)F. The molecule has 0 unspecified atom stereocenters. The molecule has 1 aromatic carbocycles. The van der Waals surface area contributed by atoms with Gasteiger partial charge < -0.3 is 9.88 Å². The van der Waals surface area contributed by atoms with Gasteiger partial charge in [0.05, 0.1) is 23.1 Å². The Labute approximate surface area is 173 Å². The number of hydrogen-bond acceptors (Lipinski definition) is 3. The van der Waals surface area contributed by atoms with Crippen molar-refractivity contribution < 1.29 is 18.0 Å². The predicted octanol–water partition coefficient (Wildman–Crippen LogP) is 4.98. The first-order valence-corrected chi connectivity index (χ1v) is 9.04. The number of nitrogens with one attached hydrogen (secondary N) is 1. The number of nitrogens with zero attached hydrogens (tertiary/aromatic N) is 4. The summed E-state index contributed by atoms with van der Waals surface area (Å²) in [5, 5.41) is 6.29. The van der Waals surface area contributed by atoms with Gasteiger partial charge in [0, 0.05) is 12.4 Å². The first-order chi connectivity index (χ1) is 14.3. The smallest absolute Gasteiger partial charge is 0.322 e. The van der Waals surface area contributed by atoms with E-state index in [1.807, 2.05) is 0 Å². The van der Waals surface area contributed by atoms with Crippen LogP contribution in [0.15, 0.2) is 73.2 Å². The second-order valence-electron chi connectivity index (χ2n) is 6.20. The first kappa shape index (κ1) is 19.7. The van der Waals surface area contributed by atoms with Crippen LogP contribution in [0.4, 0.5) is 18.9 Å². The van der Waals surface area contributed by atoms with Crippen LogP contribution in [-0.2, 0) is 6.18 Å². The van der Waals surface area contributed by atoms with Crippen LogP contribution in [0.2, 0.25) is 5.15 Å². The molecular weight excluding hydrogens is 419 g/mol. The van der Waals surface area contributed by atoms with Gasteiger partial charge in [-0.05, 0) is 36.4 Å². The third kappa shape index (κ3) is 3.79. The maximum absolute atomic E-state index is 13.8. The molecule has 0 saturated carbocycles. The minimum Gasteiger partial charge on any atom is -0.322 e. The molecule has 4 rings (SSSR count). The summed E-state index contributed by atoms with van der Waals surface area (Å²) in [6.45, 7) is 0. The fourth-order valence-corrected chi connectivity index (χ4v) is 3.13. The summed E-state index contributed by atoms with van der Waals surface area (Å²) in [5.41, 5.74) is -0.923. The number of alkyl halides is 3. The number of halogens is 4. The van der Waals surface area contributed by atoms with E-state index in [4.69, 9.17) is 11.6 Å². The zero-order valence-corrected chi connectivity index (χ0v) is 15.9. The molecule has 30 heavy (non-hydrogen) atoms. The van der Waals surface area contributed by atoms with Crippen LogP contribution < -0.4 is 5.32 Å². The highest BCUT2D eigenvalue weighted by atomic mass is 35.5. The summed E-state index contributed by atoms with van der Waals surface area (Å²) in [7, 11) is 0. The van der Waals surface area contributed by atoms with Crippen molar-refractivity contribution in [1.29, 1.82) is 0 Å². The number of pyridine rings is 1. The zero-order valence-electron chi connectivity index (χ0n) is 15.1. The summed E-state index contributed by atoms with van der Waals surface area (Å²) >= 11 is 5.79. The molecule has 0 saturated heterocycles. The van der Waals surface area contributed by atoms with E-state index in [0.29, 0.717) is 16.1 Å². The first-order valence-electron chi connectivity index (χ1n) is 8.66. The topological polar surface area (TPSA) is 64.7 Å². The maximum atomic E-state index is 13.8. The minimum atomic E-state index is -4.85. The van der Waals surface area contributed by atoms with Crippen LogP contribution >= 0.6 is 11.6 Å². The molecule has 0 spiro atoms. The number of benzene rings is 1. The van der Waals surface area contributed by atoms with Crippen LogP contribution in [-0.4, -0.2) is 25.2 Å². The Morgan fingerprint density at radius 1 is 1.00 bits per heavy atom. The Hall–Kier alpha value is -3.59. The van der Waals surface area contributed by atoms with Gasteiger partial charge in [-0.1, -0.05) is 29.8 Å². The van der Waals surface area contributed by atoms with Gasteiger partial charge in [-0.15, -0.1) is 0 Å². The van der Waals surface area contributed by atoms with E-state index in [1.54, 1.807) is 53.4 Å². The molecule has 0 aliphatic rings. The molecule has 1 N–H and O–H groups in total. The lowest BCUT2D eigenvalue weighted by molar-refractivity contribution is -0.143. The Balaban J connectivity index is 1.74. The maximum Gasteiger partial charge on any atom is 0.434 e. The lowest BCUT2D eigenvalue weighted by Crippen LogP contribution is -2.21. The van der Waals surface area contributed by atoms with Crippen molar-refractivity contribution in [1.82, 2.24) is 19.3 Å². The highest BCUT2D eigenvalue weighted by molar-refractivity contribution is 6.29. The van der Waals surface area contributed by atoms with Gasteiger partial charge in [0.2, 0.25) is 0 Å². The van der Waals surface area contributed by atoms with Crippen molar-refractivity contribution in [2.75, 3.05) is 5.32 Å². The minimum absolute atomic E-state index is 0.00257. The molecule has 1 amide bonds. The number of carbonyl (C=O) groups is 1. The second-order valence-corrected chi connectivity index (χ2v) is 6.58. The van der Waals surface area contributed by atoms with Gasteiger partial charge in [0.25, 0.3) is 5.91 Å². The number of amides is 1. The fourth-order valence-electron chi connectivity index (χ4n) is 2.97. The molecule has 3 aromatic heterocycles. The lowest BCUT2D eigenvalue weighted by atomic mass is 10.2. The normalized spacial score (nSPS) is 11.5. The number of anilines is 1. The van der Waals surface area contributed by atoms with Crippen LogP contribution in [0.25, 0.3) is 11.5 Å². The molecule has 0 atom stereocenters. The number of carbonyl (C=O) groups excluding carboxylic acids is 1. The van der Waals surface area contributed by atoms with E-state index < -0.39 is 23.3 Å². The van der Waals surface area contributed by atoms with Gasteiger partial charge in [-0.25, -0.2) is 9.67 Å². The van der Waals surface area contributed by atoms with Crippen molar-refractivity contribution in [2.45, 2.75) is 6.18 Å². The van der Waals surface area contributed by atoms with Crippen molar-refractivity contribution in [3.63, 3.8) is 0 Å². The number of hydrogen-bond donors (Lipinski definition) is 1. The Kier molecular flexibility index (Phi) is 5.04. The molecule has 0 bridgehead atoms. The van der Waals surface area contributed by atoms with Gasteiger partial charge in [-0.2, -0.15) is 18.3 Å². The average Bonchev–Trinajstić information content (AvgIpc) is 3.38.